The van der Waals surface area contributed by atoms with E-state index in [1.54, 1.807) is 12.1 Å². The first-order valence-electron chi connectivity index (χ1n) is 7.26. The molecule has 3 aliphatic carbocycles. The van der Waals surface area contributed by atoms with Gasteiger partial charge in [-0.2, -0.15) is 0 Å². The number of rotatable bonds is 3. The van der Waals surface area contributed by atoms with Crippen molar-refractivity contribution in [1.29, 1.82) is 0 Å². The van der Waals surface area contributed by atoms with Crippen LogP contribution < -0.4 is 5.32 Å². The molecule has 2 bridgehead atoms. The van der Waals surface area contributed by atoms with Crippen LogP contribution in [0.4, 0.5) is 4.39 Å². The van der Waals surface area contributed by atoms with Crippen LogP contribution in [0, 0.1) is 35.4 Å². The molecule has 4 rings (SSSR count). The lowest BCUT2D eigenvalue weighted by Crippen LogP contribution is -2.32. The molecule has 3 aliphatic rings. The molecule has 1 amide bonds. The van der Waals surface area contributed by atoms with E-state index in [0.717, 1.165) is 30.2 Å². The highest BCUT2D eigenvalue weighted by molar-refractivity contribution is 5.94. The topological polar surface area (TPSA) is 29.1 Å². The summed E-state index contributed by atoms with van der Waals surface area (Å²) in [4.78, 5) is 12.0. The van der Waals surface area contributed by atoms with Crippen LogP contribution in [0.3, 0.4) is 0 Å². The van der Waals surface area contributed by atoms with Crippen molar-refractivity contribution < 1.29 is 9.18 Å². The summed E-state index contributed by atoms with van der Waals surface area (Å²) in [6, 6.07) is 5.76. The lowest BCUT2D eigenvalue weighted by molar-refractivity contribution is 0.0941. The number of carbonyl (C=O) groups is 1. The maximum atomic E-state index is 12.8. The van der Waals surface area contributed by atoms with Crippen LogP contribution in [-0.2, 0) is 0 Å². The van der Waals surface area contributed by atoms with Gasteiger partial charge in [0.05, 0.1) is 0 Å². The summed E-state index contributed by atoms with van der Waals surface area (Å²) in [6.07, 6.45) is 4.14. The second kappa shape index (κ2) is 4.06. The number of halogens is 1. The van der Waals surface area contributed by atoms with E-state index in [0.29, 0.717) is 11.5 Å². The summed E-state index contributed by atoms with van der Waals surface area (Å²) < 4.78 is 12.8. The van der Waals surface area contributed by atoms with E-state index in [4.69, 9.17) is 0 Å². The highest BCUT2D eigenvalue weighted by Gasteiger charge is 2.60. The van der Waals surface area contributed by atoms with Crippen LogP contribution in [0.1, 0.15) is 29.6 Å². The van der Waals surface area contributed by atoms with E-state index >= 15 is 0 Å². The minimum Gasteiger partial charge on any atom is -0.352 e. The van der Waals surface area contributed by atoms with Gasteiger partial charge in [0.2, 0.25) is 0 Å². The average molecular weight is 259 g/mol. The van der Waals surface area contributed by atoms with Crippen molar-refractivity contribution in [2.24, 2.45) is 29.6 Å². The lowest BCUT2D eigenvalue weighted by atomic mass is 9.88. The van der Waals surface area contributed by atoms with Crippen molar-refractivity contribution in [3.05, 3.63) is 35.6 Å². The standard InChI is InChI=1S/C16H18FNO/c17-12-3-1-9(2-4-12)16(19)18-8-11-5-10-6-13(11)15-7-14(10)15/h1-4,10-11,13-15H,5-8H2,(H,18,19)/t10-,11+,13-,14+,15+/m0/s1. The third kappa shape index (κ3) is 1.87. The third-order valence-electron chi connectivity index (χ3n) is 5.46. The van der Waals surface area contributed by atoms with E-state index in [2.05, 4.69) is 5.32 Å². The Bertz CT molecular complexity index is 512. The van der Waals surface area contributed by atoms with E-state index in [1.165, 1.54) is 31.4 Å². The maximum absolute atomic E-state index is 12.8. The molecular formula is C16H18FNO. The minimum atomic E-state index is -0.301. The van der Waals surface area contributed by atoms with Crippen LogP contribution in [0.5, 0.6) is 0 Å². The Morgan fingerprint density at radius 2 is 1.89 bits per heavy atom. The summed E-state index contributed by atoms with van der Waals surface area (Å²) in [5.41, 5.74) is 0.550. The molecule has 0 radical (unpaired) electrons. The molecule has 0 spiro atoms. The molecule has 3 heteroatoms. The second-order valence-corrected chi connectivity index (χ2v) is 6.44. The Hall–Kier alpha value is -1.38. The molecule has 19 heavy (non-hydrogen) atoms. The molecule has 100 valence electrons. The van der Waals surface area contributed by atoms with Gasteiger partial charge >= 0.3 is 0 Å². The Morgan fingerprint density at radius 3 is 2.58 bits per heavy atom. The van der Waals surface area contributed by atoms with E-state index in [9.17, 15) is 9.18 Å². The van der Waals surface area contributed by atoms with Gasteiger partial charge in [-0.15, -0.1) is 0 Å². The van der Waals surface area contributed by atoms with Crippen molar-refractivity contribution in [1.82, 2.24) is 5.32 Å². The van der Waals surface area contributed by atoms with Crippen molar-refractivity contribution >= 4 is 5.91 Å². The normalized spacial score (nSPS) is 38.1. The Kier molecular flexibility index (Phi) is 2.44. The zero-order valence-corrected chi connectivity index (χ0v) is 10.8. The predicted octanol–water partition coefficient (Wildman–Crippen LogP) is 2.85. The van der Waals surface area contributed by atoms with Gasteiger partial charge in [-0.3, -0.25) is 4.79 Å². The van der Waals surface area contributed by atoms with Gasteiger partial charge in [-0.25, -0.2) is 4.39 Å². The molecule has 0 aromatic heterocycles. The van der Waals surface area contributed by atoms with Crippen LogP contribution in [0.2, 0.25) is 0 Å². The third-order valence-corrected chi connectivity index (χ3v) is 5.46. The Balaban J connectivity index is 1.35. The zero-order chi connectivity index (χ0) is 13.0. The molecule has 0 heterocycles. The minimum absolute atomic E-state index is 0.0740. The van der Waals surface area contributed by atoms with E-state index in [1.807, 2.05) is 0 Å². The number of carbonyl (C=O) groups excluding carboxylic acids is 1. The first kappa shape index (κ1) is 11.4. The van der Waals surface area contributed by atoms with Gasteiger partial charge < -0.3 is 5.32 Å². The van der Waals surface area contributed by atoms with Crippen LogP contribution in [0.25, 0.3) is 0 Å². The van der Waals surface area contributed by atoms with Gasteiger partial charge in [-0.1, -0.05) is 0 Å². The van der Waals surface area contributed by atoms with Gasteiger partial charge in [0.15, 0.2) is 0 Å². The van der Waals surface area contributed by atoms with Crippen molar-refractivity contribution in [3.63, 3.8) is 0 Å². The molecule has 1 N–H and O–H groups in total. The van der Waals surface area contributed by atoms with Gasteiger partial charge in [0, 0.05) is 12.1 Å². The molecule has 0 aliphatic heterocycles. The fourth-order valence-corrected chi connectivity index (χ4v) is 4.51. The van der Waals surface area contributed by atoms with Gasteiger partial charge in [-0.05, 0) is 73.1 Å². The monoisotopic (exact) mass is 259 g/mol. The smallest absolute Gasteiger partial charge is 0.251 e. The first-order valence-corrected chi connectivity index (χ1v) is 7.26. The summed E-state index contributed by atoms with van der Waals surface area (Å²) in [5, 5.41) is 3.02. The van der Waals surface area contributed by atoms with Crippen molar-refractivity contribution in [3.8, 4) is 0 Å². The summed E-state index contributed by atoms with van der Waals surface area (Å²) in [5.74, 6) is 4.13. The second-order valence-electron chi connectivity index (χ2n) is 6.44. The largest absolute Gasteiger partial charge is 0.352 e. The molecule has 0 saturated heterocycles. The van der Waals surface area contributed by atoms with E-state index in [-0.39, 0.29) is 11.7 Å². The summed E-state index contributed by atoms with van der Waals surface area (Å²) >= 11 is 0. The molecular weight excluding hydrogens is 241 g/mol. The lowest BCUT2D eigenvalue weighted by Gasteiger charge is -2.21. The number of benzene rings is 1. The Labute approximate surface area is 112 Å². The molecule has 3 saturated carbocycles. The highest BCUT2D eigenvalue weighted by atomic mass is 19.1. The molecule has 1 aromatic rings. The van der Waals surface area contributed by atoms with Gasteiger partial charge in [0.1, 0.15) is 5.82 Å². The molecule has 2 nitrogen and oxygen atoms in total. The van der Waals surface area contributed by atoms with Crippen LogP contribution in [-0.4, -0.2) is 12.5 Å². The fraction of sp³-hybridized carbons (Fsp3) is 0.562. The number of hydrogen-bond acceptors (Lipinski definition) is 1. The fourth-order valence-electron chi connectivity index (χ4n) is 4.51. The maximum Gasteiger partial charge on any atom is 0.251 e. The quantitative estimate of drug-likeness (QED) is 0.888. The average Bonchev–Trinajstić information content (AvgIpc) is 3.03. The number of amides is 1. The van der Waals surface area contributed by atoms with Crippen molar-refractivity contribution in [2.45, 2.75) is 19.3 Å². The van der Waals surface area contributed by atoms with Gasteiger partial charge in [0.25, 0.3) is 5.91 Å². The predicted molar refractivity (Wildman–Crippen MR) is 70.0 cm³/mol. The number of nitrogens with one attached hydrogen (secondary N) is 1. The van der Waals surface area contributed by atoms with Crippen LogP contribution in [0.15, 0.2) is 24.3 Å². The number of fused-ring (bicyclic) bond motifs is 5. The Morgan fingerprint density at radius 1 is 1.11 bits per heavy atom. The highest BCUT2D eigenvalue weighted by Crippen LogP contribution is 2.67. The first-order chi connectivity index (χ1) is 9.22. The molecule has 1 aromatic carbocycles. The summed E-state index contributed by atoms with van der Waals surface area (Å²) in [7, 11) is 0. The van der Waals surface area contributed by atoms with Crippen molar-refractivity contribution in [2.75, 3.05) is 6.54 Å². The van der Waals surface area contributed by atoms with E-state index < -0.39 is 0 Å². The van der Waals surface area contributed by atoms with Crippen LogP contribution >= 0.6 is 0 Å². The molecule has 0 unspecified atom stereocenters. The molecule has 5 atom stereocenters. The summed E-state index contributed by atoms with van der Waals surface area (Å²) in [6.45, 7) is 0.792. The number of hydrogen-bond donors (Lipinski definition) is 1. The SMILES string of the molecule is O=C(NC[C@H]1C[C@H]2C[C@@H]1[C@H]1C[C@H]21)c1ccc(F)cc1. The zero-order valence-electron chi connectivity index (χ0n) is 10.8. The molecule has 3 fully saturated rings.